The van der Waals surface area contributed by atoms with Gasteiger partial charge in [-0.05, 0) is 37.1 Å². The number of carbonyl (C=O) groups excluding carboxylic acids is 1. The van der Waals surface area contributed by atoms with Crippen molar-refractivity contribution in [3.63, 3.8) is 0 Å². The highest BCUT2D eigenvalue weighted by Crippen LogP contribution is 2.26. The van der Waals surface area contributed by atoms with Crippen LogP contribution < -0.4 is 10.1 Å². The monoisotopic (exact) mass is 314 g/mol. The number of nitrogens with zero attached hydrogens (tertiary/aromatic N) is 1. The summed E-state index contributed by atoms with van der Waals surface area (Å²) in [5.74, 6) is 0.587. The molecule has 23 heavy (non-hydrogen) atoms. The summed E-state index contributed by atoms with van der Waals surface area (Å²) in [4.78, 5) is 22.0. The topological polar surface area (TPSA) is 81.5 Å². The van der Waals surface area contributed by atoms with E-state index in [1.165, 1.54) is 13.0 Å². The van der Waals surface area contributed by atoms with Crippen LogP contribution in [0.4, 0.5) is 11.4 Å². The first-order valence-electron chi connectivity index (χ1n) is 7.18. The van der Waals surface area contributed by atoms with Crippen LogP contribution in [0.15, 0.2) is 42.5 Å². The molecular weight excluding hydrogens is 296 g/mol. The third-order valence-corrected chi connectivity index (χ3v) is 3.50. The van der Waals surface area contributed by atoms with Gasteiger partial charge in [0.05, 0.1) is 12.0 Å². The summed E-state index contributed by atoms with van der Waals surface area (Å²) in [6.45, 7) is 1.90. The molecule has 2 aromatic carbocycles. The van der Waals surface area contributed by atoms with E-state index >= 15 is 0 Å². The van der Waals surface area contributed by atoms with Gasteiger partial charge in [0.1, 0.15) is 11.4 Å². The highest BCUT2D eigenvalue weighted by atomic mass is 16.6. The number of methoxy groups -OCH3 is 1. The lowest BCUT2D eigenvalue weighted by Crippen LogP contribution is -2.08. The molecule has 6 nitrogen and oxygen atoms in total. The number of hydrogen-bond acceptors (Lipinski definition) is 5. The first-order chi connectivity index (χ1) is 11.0. The maximum Gasteiger partial charge on any atom is 0.293 e. The van der Waals surface area contributed by atoms with Crippen LogP contribution in [0, 0.1) is 10.1 Å². The maximum atomic E-state index is 11.3. The predicted molar refractivity (Wildman–Crippen MR) is 88.3 cm³/mol. The summed E-state index contributed by atoms with van der Waals surface area (Å²) in [6.07, 6.45) is 0.662. The summed E-state index contributed by atoms with van der Waals surface area (Å²) in [5.41, 5.74) is 1.64. The van der Waals surface area contributed by atoms with Gasteiger partial charge in [0, 0.05) is 18.2 Å². The van der Waals surface area contributed by atoms with Crippen molar-refractivity contribution < 1.29 is 14.5 Å². The number of rotatable bonds is 7. The zero-order valence-electron chi connectivity index (χ0n) is 13.0. The van der Waals surface area contributed by atoms with Gasteiger partial charge >= 0.3 is 0 Å². The Morgan fingerprint density at radius 1 is 1.26 bits per heavy atom. The van der Waals surface area contributed by atoms with Crippen LogP contribution in [0.2, 0.25) is 0 Å². The van der Waals surface area contributed by atoms with Crippen LogP contribution in [-0.4, -0.2) is 24.4 Å². The van der Waals surface area contributed by atoms with E-state index in [4.69, 9.17) is 4.74 Å². The standard InChI is InChI=1S/C17H18N2O4/c1-12(20)14-7-8-15(16(11-14)19(21)22)18-10-9-13-5-3-4-6-17(13)23-2/h3-8,11,18H,9-10H2,1-2H3. The fraction of sp³-hybridized carbons (Fsp3) is 0.235. The molecule has 0 aromatic heterocycles. The summed E-state index contributed by atoms with van der Waals surface area (Å²) in [5, 5.41) is 14.2. The number of ether oxygens (including phenoxy) is 1. The second-order valence-electron chi connectivity index (χ2n) is 5.03. The predicted octanol–water partition coefficient (Wildman–Crippen LogP) is 3.46. The fourth-order valence-electron chi connectivity index (χ4n) is 2.29. The fourth-order valence-corrected chi connectivity index (χ4v) is 2.29. The maximum absolute atomic E-state index is 11.3. The van der Waals surface area contributed by atoms with Crippen molar-refractivity contribution >= 4 is 17.2 Å². The van der Waals surface area contributed by atoms with Gasteiger partial charge < -0.3 is 10.1 Å². The van der Waals surface area contributed by atoms with Crippen LogP contribution in [-0.2, 0) is 6.42 Å². The third-order valence-electron chi connectivity index (χ3n) is 3.50. The van der Waals surface area contributed by atoms with Crippen LogP contribution in [0.1, 0.15) is 22.8 Å². The van der Waals surface area contributed by atoms with Gasteiger partial charge in [-0.2, -0.15) is 0 Å². The number of benzene rings is 2. The minimum absolute atomic E-state index is 0.0993. The molecule has 120 valence electrons. The van der Waals surface area contributed by atoms with Crippen LogP contribution in [0.5, 0.6) is 5.75 Å². The van der Waals surface area contributed by atoms with Crippen molar-refractivity contribution in [1.82, 2.24) is 0 Å². The number of para-hydroxylation sites is 1. The average molecular weight is 314 g/mol. The lowest BCUT2D eigenvalue weighted by atomic mass is 10.1. The molecule has 0 unspecified atom stereocenters. The van der Waals surface area contributed by atoms with Crippen molar-refractivity contribution in [2.24, 2.45) is 0 Å². The van der Waals surface area contributed by atoms with E-state index in [0.29, 0.717) is 24.2 Å². The van der Waals surface area contributed by atoms with Crippen molar-refractivity contribution in [2.45, 2.75) is 13.3 Å². The molecule has 0 aliphatic heterocycles. The molecule has 0 saturated carbocycles. The lowest BCUT2D eigenvalue weighted by molar-refractivity contribution is -0.384. The van der Waals surface area contributed by atoms with Crippen LogP contribution in [0.3, 0.4) is 0 Å². The van der Waals surface area contributed by atoms with E-state index in [9.17, 15) is 14.9 Å². The van der Waals surface area contributed by atoms with Gasteiger partial charge in [0.25, 0.3) is 5.69 Å². The van der Waals surface area contributed by atoms with Gasteiger partial charge in [-0.15, -0.1) is 0 Å². The first-order valence-corrected chi connectivity index (χ1v) is 7.18. The highest BCUT2D eigenvalue weighted by molar-refractivity contribution is 5.95. The second kappa shape index (κ2) is 7.40. The smallest absolute Gasteiger partial charge is 0.293 e. The number of nitro benzene ring substituents is 1. The molecule has 0 amide bonds. The second-order valence-corrected chi connectivity index (χ2v) is 5.03. The van der Waals surface area contributed by atoms with E-state index in [-0.39, 0.29) is 11.5 Å². The molecule has 0 aliphatic carbocycles. The van der Waals surface area contributed by atoms with Gasteiger partial charge in [-0.3, -0.25) is 14.9 Å². The number of hydrogen-bond donors (Lipinski definition) is 1. The number of nitrogens with one attached hydrogen (secondary N) is 1. The number of ketones is 1. The minimum atomic E-state index is -0.488. The lowest BCUT2D eigenvalue weighted by Gasteiger charge is -2.10. The van der Waals surface area contributed by atoms with E-state index in [0.717, 1.165) is 11.3 Å². The molecule has 1 N–H and O–H groups in total. The van der Waals surface area contributed by atoms with Crippen molar-refractivity contribution in [1.29, 1.82) is 0 Å². The van der Waals surface area contributed by atoms with Crippen molar-refractivity contribution in [3.05, 3.63) is 63.7 Å². The molecule has 0 heterocycles. The minimum Gasteiger partial charge on any atom is -0.496 e. The molecule has 0 spiro atoms. The third kappa shape index (κ3) is 4.06. The number of anilines is 1. The van der Waals surface area contributed by atoms with Gasteiger partial charge in [0.2, 0.25) is 0 Å². The summed E-state index contributed by atoms with van der Waals surface area (Å²) in [7, 11) is 1.61. The zero-order chi connectivity index (χ0) is 16.8. The van der Waals surface area contributed by atoms with Gasteiger partial charge in [-0.25, -0.2) is 0 Å². The SMILES string of the molecule is COc1ccccc1CCNc1ccc(C(C)=O)cc1[N+](=O)[O-]. The summed E-state index contributed by atoms with van der Waals surface area (Å²) < 4.78 is 5.28. The van der Waals surface area contributed by atoms with E-state index in [1.807, 2.05) is 24.3 Å². The normalized spacial score (nSPS) is 10.2. The largest absolute Gasteiger partial charge is 0.496 e. The number of nitro groups is 1. The Bertz CT molecular complexity index is 728. The highest BCUT2D eigenvalue weighted by Gasteiger charge is 2.16. The molecule has 0 bridgehead atoms. The Morgan fingerprint density at radius 3 is 2.65 bits per heavy atom. The van der Waals surface area contributed by atoms with E-state index < -0.39 is 4.92 Å². The number of Topliss-reactive ketones (excluding diaryl/α,β-unsaturated/α-hetero) is 1. The molecule has 2 rings (SSSR count). The molecule has 0 saturated heterocycles. The molecule has 0 atom stereocenters. The summed E-state index contributed by atoms with van der Waals surface area (Å²) in [6, 6.07) is 12.1. The van der Waals surface area contributed by atoms with Crippen molar-refractivity contribution in [2.75, 3.05) is 19.0 Å². The molecule has 6 heteroatoms. The average Bonchev–Trinajstić information content (AvgIpc) is 2.55. The molecule has 2 aromatic rings. The van der Waals surface area contributed by atoms with E-state index in [2.05, 4.69) is 5.32 Å². The van der Waals surface area contributed by atoms with Gasteiger partial charge in [0.15, 0.2) is 5.78 Å². The Hall–Kier alpha value is -2.89. The van der Waals surface area contributed by atoms with Crippen LogP contribution in [0.25, 0.3) is 0 Å². The zero-order valence-corrected chi connectivity index (χ0v) is 13.0. The number of carbonyl (C=O) groups is 1. The van der Waals surface area contributed by atoms with E-state index in [1.54, 1.807) is 19.2 Å². The summed E-state index contributed by atoms with van der Waals surface area (Å²) >= 11 is 0. The van der Waals surface area contributed by atoms with Crippen LogP contribution >= 0.6 is 0 Å². The Labute approximate surface area is 134 Å². The molecule has 0 radical (unpaired) electrons. The Morgan fingerprint density at radius 2 is 2.00 bits per heavy atom. The molecular formula is C17H18N2O4. The molecule has 0 aliphatic rings. The first kappa shape index (κ1) is 16.5. The quantitative estimate of drug-likeness (QED) is 0.481. The Kier molecular flexibility index (Phi) is 5.30. The van der Waals surface area contributed by atoms with Gasteiger partial charge in [-0.1, -0.05) is 18.2 Å². The van der Waals surface area contributed by atoms with Crippen molar-refractivity contribution in [3.8, 4) is 5.75 Å². The Balaban J connectivity index is 2.11. The molecule has 0 fully saturated rings.